The fourth-order valence-corrected chi connectivity index (χ4v) is 2.09. The number of rotatable bonds is 6. The lowest BCUT2D eigenvalue weighted by atomic mass is 10.3. The van der Waals surface area contributed by atoms with Gasteiger partial charge in [-0.25, -0.2) is 9.89 Å². The first kappa shape index (κ1) is 12.4. The summed E-state index contributed by atoms with van der Waals surface area (Å²) in [7, 11) is 0. The molecule has 4 nitrogen and oxygen atoms in total. The number of hydrogen-bond donors (Lipinski definition) is 1. The van der Waals surface area contributed by atoms with Gasteiger partial charge in [-0.15, -0.1) is 5.10 Å². The van der Waals surface area contributed by atoms with Crippen LogP contribution in [0.15, 0.2) is 9.95 Å². The highest BCUT2D eigenvalue weighted by molar-refractivity contribution is 7.99. The van der Waals surface area contributed by atoms with Crippen molar-refractivity contribution in [1.82, 2.24) is 14.8 Å². The Hall–Kier alpha value is -0.710. The quantitative estimate of drug-likeness (QED) is 0.760. The minimum atomic E-state index is -0.0882. The van der Waals surface area contributed by atoms with Crippen molar-refractivity contribution >= 4 is 11.8 Å². The Balaban J connectivity index is 2.66. The third kappa shape index (κ3) is 3.74. The van der Waals surface area contributed by atoms with Crippen molar-refractivity contribution in [2.24, 2.45) is 5.92 Å². The van der Waals surface area contributed by atoms with E-state index in [0.717, 1.165) is 30.3 Å². The molecule has 1 heterocycles. The van der Waals surface area contributed by atoms with E-state index in [-0.39, 0.29) is 5.69 Å². The average molecular weight is 229 g/mol. The number of aromatic amines is 1. The van der Waals surface area contributed by atoms with Crippen LogP contribution in [0.25, 0.3) is 0 Å². The van der Waals surface area contributed by atoms with E-state index in [2.05, 4.69) is 31.0 Å². The molecule has 0 radical (unpaired) electrons. The molecule has 0 aliphatic carbocycles. The Morgan fingerprint density at radius 2 is 2.27 bits per heavy atom. The summed E-state index contributed by atoms with van der Waals surface area (Å²) >= 11 is 1.65. The van der Waals surface area contributed by atoms with E-state index < -0.39 is 0 Å². The number of nitrogens with zero attached hydrogens (tertiary/aromatic N) is 2. The van der Waals surface area contributed by atoms with Crippen molar-refractivity contribution in [3.05, 3.63) is 10.5 Å². The lowest BCUT2D eigenvalue weighted by Crippen LogP contribution is -2.17. The Kier molecular flexibility index (Phi) is 4.94. The highest BCUT2D eigenvalue weighted by Crippen LogP contribution is 2.16. The van der Waals surface area contributed by atoms with Gasteiger partial charge in [0, 0.05) is 12.3 Å². The maximum absolute atomic E-state index is 11.4. The molecule has 0 saturated heterocycles. The molecule has 1 rings (SSSR count). The van der Waals surface area contributed by atoms with E-state index >= 15 is 0 Å². The SMILES string of the molecule is CCCCn1c(SCC(C)C)n[nH]c1=O. The fraction of sp³-hybridized carbons (Fsp3) is 0.800. The Labute approximate surface area is 94.5 Å². The second-order valence-corrected chi connectivity index (χ2v) is 5.01. The largest absolute Gasteiger partial charge is 0.343 e. The molecule has 1 N–H and O–H groups in total. The van der Waals surface area contributed by atoms with Crippen LogP contribution in [-0.2, 0) is 6.54 Å². The highest BCUT2D eigenvalue weighted by atomic mass is 32.2. The molecule has 0 atom stereocenters. The first-order valence-corrected chi connectivity index (χ1v) is 6.41. The molecule has 86 valence electrons. The molecule has 5 heteroatoms. The average Bonchev–Trinajstić information content (AvgIpc) is 2.53. The predicted octanol–water partition coefficient (Wildman–Crippen LogP) is 2.12. The minimum Gasteiger partial charge on any atom is -0.270 e. The second kappa shape index (κ2) is 6.00. The summed E-state index contributed by atoms with van der Waals surface area (Å²) in [4.78, 5) is 11.4. The molecule has 1 aromatic heterocycles. The van der Waals surface area contributed by atoms with Crippen molar-refractivity contribution in [2.75, 3.05) is 5.75 Å². The summed E-state index contributed by atoms with van der Waals surface area (Å²) in [5.74, 6) is 1.61. The fourth-order valence-electron chi connectivity index (χ4n) is 1.17. The van der Waals surface area contributed by atoms with Gasteiger partial charge in [-0.3, -0.25) is 4.57 Å². The van der Waals surface area contributed by atoms with Gasteiger partial charge in [0.1, 0.15) is 0 Å². The van der Waals surface area contributed by atoms with Gasteiger partial charge in [-0.1, -0.05) is 39.0 Å². The maximum atomic E-state index is 11.4. The molecule has 0 fully saturated rings. The number of H-pyrrole nitrogens is 1. The number of unbranched alkanes of at least 4 members (excludes halogenated alkanes) is 1. The third-order valence-corrected chi connectivity index (χ3v) is 3.41. The van der Waals surface area contributed by atoms with Crippen LogP contribution in [0.5, 0.6) is 0 Å². The molecule has 0 saturated carbocycles. The first-order chi connectivity index (χ1) is 7.15. The van der Waals surface area contributed by atoms with E-state index in [1.807, 2.05) is 0 Å². The molecule has 0 bridgehead atoms. The molecule has 15 heavy (non-hydrogen) atoms. The zero-order chi connectivity index (χ0) is 11.3. The van der Waals surface area contributed by atoms with Gasteiger partial charge in [0.2, 0.25) is 0 Å². The smallest absolute Gasteiger partial charge is 0.270 e. The summed E-state index contributed by atoms with van der Waals surface area (Å²) in [6.07, 6.45) is 2.11. The molecular formula is C10H19N3OS. The molecule has 0 unspecified atom stereocenters. The lowest BCUT2D eigenvalue weighted by molar-refractivity contribution is 0.572. The monoisotopic (exact) mass is 229 g/mol. The van der Waals surface area contributed by atoms with E-state index in [9.17, 15) is 4.79 Å². The van der Waals surface area contributed by atoms with Crippen LogP contribution in [0.1, 0.15) is 33.6 Å². The van der Waals surface area contributed by atoms with Crippen molar-refractivity contribution < 1.29 is 0 Å². The molecule has 0 aliphatic heterocycles. The molecule has 0 aliphatic rings. The van der Waals surface area contributed by atoms with Crippen molar-refractivity contribution in [2.45, 2.75) is 45.3 Å². The number of hydrogen-bond acceptors (Lipinski definition) is 3. The first-order valence-electron chi connectivity index (χ1n) is 5.43. The normalized spacial score (nSPS) is 11.2. The Bertz CT molecular complexity index is 343. The van der Waals surface area contributed by atoms with Gasteiger partial charge in [-0.2, -0.15) is 0 Å². The summed E-state index contributed by atoms with van der Waals surface area (Å²) in [6.45, 7) is 7.21. The number of thioether (sulfide) groups is 1. The lowest BCUT2D eigenvalue weighted by Gasteiger charge is -2.05. The van der Waals surface area contributed by atoms with Crippen LogP contribution < -0.4 is 5.69 Å². The summed E-state index contributed by atoms with van der Waals surface area (Å²) in [5, 5.41) is 7.36. The van der Waals surface area contributed by atoms with Gasteiger partial charge in [-0.05, 0) is 12.3 Å². The molecular weight excluding hydrogens is 210 g/mol. The van der Waals surface area contributed by atoms with Crippen molar-refractivity contribution in [3.8, 4) is 0 Å². The van der Waals surface area contributed by atoms with Gasteiger partial charge in [0.25, 0.3) is 0 Å². The minimum absolute atomic E-state index is 0.0882. The Morgan fingerprint density at radius 3 is 2.87 bits per heavy atom. The van der Waals surface area contributed by atoms with Gasteiger partial charge in [0.15, 0.2) is 5.16 Å². The van der Waals surface area contributed by atoms with E-state index in [4.69, 9.17) is 0 Å². The predicted molar refractivity (Wildman–Crippen MR) is 63.3 cm³/mol. The molecule has 0 spiro atoms. The summed E-state index contributed by atoms with van der Waals surface area (Å²) < 4.78 is 1.73. The van der Waals surface area contributed by atoms with Crippen LogP contribution in [-0.4, -0.2) is 20.5 Å². The Morgan fingerprint density at radius 1 is 1.53 bits per heavy atom. The topological polar surface area (TPSA) is 50.7 Å². The highest BCUT2D eigenvalue weighted by Gasteiger charge is 2.08. The van der Waals surface area contributed by atoms with Crippen LogP contribution in [0, 0.1) is 5.92 Å². The standard InChI is InChI=1S/C10H19N3OS/c1-4-5-6-13-9(14)11-12-10(13)15-7-8(2)3/h8H,4-7H2,1-3H3,(H,11,14). The zero-order valence-electron chi connectivity index (χ0n) is 9.62. The molecule has 0 aromatic carbocycles. The van der Waals surface area contributed by atoms with E-state index in [1.165, 1.54) is 0 Å². The van der Waals surface area contributed by atoms with Crippen LogP contribution >= 0.6 is 11.8 Å². The van der Waals surface area contributed by atoms with Gasteiger partial charge < -0.3 is 0 Å². The van der Waals surface area contributed by atoms with Crippen LogP contribution in [0.3, 0.4) is 0 Å². The number of nitrogens with one attached hydrogen (secondary N) is 1. The van der Waals surface area contributed by atoms with Gasteiger partial charge >= 0.3 is 5.69 Å². The summed E-state index contributed by atoms with van der Waals surface area (Å²) in [5.41, 5.74) is -0.0882. The van der Waals surface area contributed by atoms with E-state index in [0.29, 0.717) is 5.92 Å². The summed E-state index contributed by atoms with van der Waals surface area (Å²) in [6, 6.07) is 0. The van der Waals surface area contributed by atoms with Crippen molar-refractivity contribution in [3.63, 3.8) is 0 Å². The third-order valence-electron chi connectivity index (χ3n) is 2.00. The van der Waals surface area contributed by atoms with Crippen molar-refractivity contribution in [1.29, 1.82) is 0 Å². The maximum Gasteiger partial charge on any atom is 0.343 e. The van der Waals surface area contributed by atoms with Crippen LogP contribution in [0.2, 0.25) is 0 Å². The number of aromatic nitrogens is 3. The van der Waals surface area contributed by atoms with Gasteiger partial charge in [0.05, 0.1) is 0 Å². The zero-order valence-corrected chi connectivity index (χ0v) is 10.4. The van der Waals surface area contributed by atoms with Crippen LogP contribution in [0.4, 0.5) is 0 Å². The second-order valence-electron chi connectivity index (χ2n) is 4.02. The van der Waals surface area contributed by atoms with E-state index in [1.54, 1.807) is 16.3 Å². The molecule has 0 amide bonds. The molecule has 1 aromatic rings.